The fourth-order valence-corrected chi connectivity index (χ4v) is 5.27. The maximum Gasteiger partial charge on any atom is 0.254 e. The minimum absolute atomic E-state index is 0.0299. The Morgan fingerprint density at radius 2 is 1.97 bits per heavy atom. The van der Waals surface area contributed by atoms with Gasteiger partial charge in [-0.1, -0.05) is 12.1 Å². The SMILES string of the molecule is Cc1ccc2cc(-c3nc4cc5c(cc4n3C)CCN(C[C@@H](C)N)C5=O)n(CC3CC3)c2c1. The number of aryl methyl sites for hydroxylation is 2. The molecular formula is C27H31N5O. The second-order valence-electron chi connectivity index (χ2n) is 10.1. The predicted octanol–water partition coefficient (Wildman–Crippen LogP) is 4.26. The van der Waals surface area contributed by atoms with Gasteiger partial charge in [0.1, 0.15) is 0 Å². The number of carbonyl (C=O) groups is 1. The molecule has 2 aliphatic rings. The zero-order valence-corrected chi connectivity index (χ0v) is 19.6. The van der Waals surface area contributed by atoms with Crippen LogP contribution >= 0.6 is 0 Å². The summed E-state index contributed by atoms with van der Waals surface area (Å²) in [6, 6.07) is 13.1. The highest BCUT2D eigenvalue weighted by molar-refractivity contribution is 6.00. The number of fused-ring (bicyclic) bond motifs is 3. The molecule has 6 heteroatoms. The summed E-state index contributed by atoms with van der Waals surface area (Å²) in [5.74, 6) is 1.79. The number of nitrogens with zero attached hydrogens (tertiary/aromatic N) is 4. The molecule has 1 aliphatic carbocycles. The number of imidazole rings is 1. The van der Waals surface area contributed by atoms with Gasteiger partial charge in [0.05, 0.1) is 16.7 Å². The van der Waals surface area contributed by atoms with E-state index in [-0.39, 0.29) is 11.9 Å². The number of hydrogen-bond acceptors (Lipinski definition) is 3. The standard InChI is InChI=1S/C27H31N5O/c1-16-4-7-20-12-25(32(23(20)10-16)15-18-5-6-18)26-29-22-13-21-19(11-24(22)30(26)3)8-9-31(27(21)33)14-17(2)28/h4,7,10-13,17-18H,5-6,8-9,14-15,28H2,1-3H3/t17-/m1/s1. The van der Waals surface area contributed by atoms with Gasteiger partial charge in [-0.05, 0) is 74.4 Å². The van der Waals surface area contributed by atoms with Crippen LogP contribution in [0.25, 0.3) is 33.5 Å². The average molecular weight is 442 g/mol. The van der Waals surface area contributed by atoms with Crippen LogP contribution in [0.3, 0.4) is 0 Å². The molecule has 4 aromatic rings. The minimum Gasteiger partial charge on any atom is -0.338 e. The zero-order valence-electron chi connectivity index (χ0n) is 19.6. The van der Waals surface area contributed by atoms with Crippen molar-refractivity contribution in [3.8, 4) is 11.5 Å². The molecule has 2 N–H and O–H groups in total. The Hall–Kier alpha value is -3.12. The van der Waals surface area contributed by atoms with Crippen LogP contribution in [0.15, 0.2) is 36.4 Å². The average Bonchev–Trinajstić information content (AvgIpc) is 3.46. The van der Waals surface area contributed by atoms with E-state index < -0.39 is 0 Å². The van der Waals surface area contributed by atoms with E-state index in [0.717, 1.165) is 59.1 Å². The molecule has 1 fully saturated rings. The first kappa shape index (κ1) is 20.5. The molecule has 0 unspecified atom stereocenters. The Labute approximate surface area is 194 Å². The summed E-state index contributed by atoms with van der Waals surface area (Å²) in [6.07, 6.45) is 3.46. The Balaban J connectivity index is 1.49. The molecular weight excluding hydrogens is 410 g/mol. The van der Waals surface area contributed by atoms with E-state index in [1.807, 2.05) is 17.9 Å². The molecule has 1 aliphatic heterocycles. The molecule has 1 saturated carbocycles. The maximum atomic E-state index is 13.1. The predicted molar refractivity (Wildman–Crippen MR) is 132 cm³/mol. The van der Waals surface area contributed by atoms with Crippen molar-refractivity contribution in [3.05, 3.63) is 53.1 Å². The fraction of sp³-hybridized carbons (Fsp3) is 0.407. The number of benzene rings is 2. The Morgan fingerprint density at radius 1 is 1.15 bits per heavy atom. The molecule has 6 nitrogen and oxygen atoms in total. The van der Waals surface area contributed by atoms with Crippen LogP contribution in [-0.2, 0) is 20.0 Å². The molecule has 0 saturated heterocycles. The third-order valence-corrected chi connectivity index (χ3v) is 7.21. The molecule has 0 radical (unpaired) electrons. The van der Waals surface area contributed by atoms with E-state index in [1.54, 1.807) is 0 Å². The van der Waals surface area contributed by atoms with Crippen LogP contribution in [0.4, 0.5) is 0 Å². The van der Waals surface area contributed by atoms with E-state index in [4.69, 9.17) is 10.7 Å². The molecule has 3 heterocycles. The third kappa shape index (κ3) is 3.44. The van der Waals surface area contributed by atoms with Crippen molar-refractivity contribution in [2.45, 2.75) is 45.7 Å². The van der Waals surface area contributed by atoms with Crippen LogP contribution in [0, 0.1) is 12.8 Å². The Bertz CT molecular complexity index is 1410. The number of hydrogen-bond donors (Lipinski definition) is 1. The molecule has 33 heavy (non-hydrogen) atoms. The number of amides is 1. The Morgan fingerprint density at radius 3 is 2.73 bits per heavy atom. The van der Waals surface area contributed by atoms with Gasteiger partial charge in [0.15, 0.2) is 5.82 Å². The maximum absolute atomic E-state index is 13.1. The molecule has 0 spiro atoms. The van der Waals surface area contributed by atoms with Crippen molar-refractivity contribution in [3.63, 3.8) is 0 Å². The van der Waals surface area contributed by atoms with E-state index in [1.165, 1.54) is 29.3 Å². The first-order valence-electron chi connectivity index (χ1n) is 12.0. The highest BCUT2D eigenvalue weighted by atomic mass is 16.2. The van der Waals surface area contributed by atoms with Crippen LogP contribution in [0.2, 0.25) is 0 Å². The summed E-state index contributed by atoms with van der Waals surface area (Å²) in [7, 11) is 2.09. The molecule has 1 amide bonds. The zero-order chi connectivity index (χ0) is 22.9. The monoisotopic (exact) mass is 441 g/mol. The Kier molecular flexibility index (Phi) is 4.63. The van der Waals surface area contributed by atoms with Crippen molar-refractivity contribution < 1.29 is 4.79 Å². The van der Waals surface area contributed by atoms with Crippen molar-refractivity contribution in [1.82, 2.24) is 19.0 Å². The van der Waals surface area contributed by atoms with Crippen LogP contribution in [-0.4, -0.2) is 44.1 Å². The highest BCUT2D eigenvalue weighted by Crippen LogP contribution is 2.37. The summed E-state index contributed by atoms with van der Waals surface area (Å²) in [6.45, 7) is 6.44. The molecule has 170 valence electrons. The fourth-order valence-electron chi connectivity index (χ4n) is 5.27. The lowest BCUT2D eigenvalue weighted by molar-refractivity contribution is 0.0732. The highest BCUT2D eigenvalue weighted by Gasteiger charge is 2.28. The molecule has 0 bridgehead atoms. The minimum atomic E-state index is -0.0299. The van der Waals surface area contributed by atoms with Gasteiger partial charge in [-0.25, -0.2) is 4.98 Å². The second kappa shape index (κ2) is 7.45. The van der Waals surface area contributed by atoms with Gasteiger partial charge in [-0.3, -0.25) is 4.79 Å². The first-order valence-corrected chi connectivity index (χ1v) is 12.0. The summed E-state index contributed by atoms with van der Waals surface area (Å²) in [4.78, 5) is 20.1. The topological polar surface area (TPSA) is 69.1 Å². The lowest BCUT2D eigenvalue weighted by atomic mass is 9.97. The largest absolute Gasteiger partial charge is 0.338 e. The summed E-state index contributed by atoms with van der Waals surface area (Å²) in [5, 5.41) is 1.25. The van der Waals surface area contributed by atoms with Crippen molar-refractivity contribution in [2.75, 3.05) is 13.1 Å². The second-order valence-corrected chi connectivity index (χ2v) is 10.1. The van der Waals surface area contributed by atoms with Gasteiger partial charge in [0.25, 0.3) is 5.91 Å². The summed E-state index contributed by atoms with van der Waals surface area (Å²) < 4.78 is 4.65. The molecule has 6 rings (SSSR count). The van der Waals surface area contributed by atoms with Crippen LogP contribution in [0.1, 0.15) is 41.3 Å². The normalized spacial score (nSPS) is 17.2. The summed E-state index contributed by atoms with van der Waals surface area (Å²) >= 11 is 0. The number of carbonyl (C=O) groups excluding carboxylic acids is 1. The van der Waals surface area contributed by atoms with Gasteiger partial charge < -0.3 is 19.8 Å². The summed E-state index contributed by atoms with van der Waals surface area (Å²) in [5.41, 5.74) is 13.5. The van der Waals surface area contributed by atoms with Gasteiger partial charge in [-0.2, -0.15) is 0 Å². The van der Waals surface area contributed by atoms with Crippen molar-refractivity contribution in [2.24, 2.45) is 18.7 Å². The lowest BCUT2D eigenvalue weighted by Gasteiger charge is -2.29. The van der Waals surface area contributed by atoms with Gasteiger partial charge in [0, 0.05) is 49.2 Å². The van der Waals surface area contributed by atoms with E-state index in [2.05, 4.69) is 53.4 Å². The lowest BCUT2D eigenvalue weighted by Crippen LogP contribution is -2.43. The molecule has 2 aromatic heterocycles. The smallest absolute Gasteiger partial charge is 0.254 e. The van der Waals surface area contributed by atoms with Crippen LogP contribution in [0.5, 0.6) is 0 Å². The van der Waals surface area contributed by atoms with E-state index >= 15 is 0 Å². The van der Waals surface area contributed by atoms with Gasteiger partial charge >= 0.3 is 0 Å². The van der Waals surface area contributed by atoms with Gasteiger partial charge in [0.2, 0.25) is 0 Å². The van der Waals surface area contributed by atoms with E-state index in [9.17, 15) is 4.79 Å². The first-order chi connectivity index (χ1) is 15.9. The van der Waals surface area contributed by atoms with E-state index in [0.29, 0.717) is 6.54 Å². The number of rotatable bonds is 5. The van der Waals surface area contributed by atoms with Gasteiger partial charge in [-0.15, -0.1) is 0 Å². The number of aromatic nitrogens is 3. The molecule has 1 atom stereocenters. The molecule has 2 aromatic carbocycles. The quantitative estimate of drug-likeness (QED) is 0.503. The van der Waals surface area contributed by atoms with Crippen LogP contribution < -0.4 is 5.73 Å². The number of nitrogens with two attached hydrogens (primary N) is 1. The van der Waals surface area contributed by atoms with Crippen molar-refractivity contribution >= 4 is 27.8 Å². The van der Waals surface area contributed by atoms with Crippen molar-refractivity contribution in [1.29, 1.82) is 0 Å². The third-order valence-electron chi connectivity index (χ3n) is 7.21.